The van der Waals surface area contributed by atoms with Gasteiger partial charge in [0.05, 0.1) is 6.10 Å². The van der Waals surface area contributed by atoms with Crippen molar-refractivity contribution in [2.75, 3.05) is 13.1 Å². The highest BCUT2D eigenvalue weighted by Gasteiger charge is 2.30. The normalized spacial score (nSPS) is 22.5. The number of amides is 2. The van der Waals surface area contributed by atoms with Crippen molar-refractivity contribution in [2.45, 2.75) is 45.0 Å². The van der Waals surface area contributed by atoms with Crippen LogP contribution >= 0.6 is 0 Å². The minimum Gasteiger partial charge on any atom is -0.392 e. The number of urea groups is 1. The highest BCUT2D eigenvalue weighted by molar-refractivity contribution is 5.74. The van der Waals surface area contributed by atoms with Crippen molar-refractivity contribution < 1.29 is 9.90 Å². The monoisotopic (exact) mass is 291 g/mol. The van der Waals surface area contributed by atoms with E-state index in [0.29, 0.717) is 19.5 Å². The summed E-state index contributed by atoms with van der Waals surface area (Å²) in [5.41, 5.74) is 1.23. The Kier molecular flexibility index (Phi) is 5.59. The molecule has 2 unspecified atom stereocenters. The summed E-state index contributed by atoms with van der Waals surface area (Å²) in [5.74, 6) is 0. The summed E-state index contributed by atoms with van der Waals surface area (Å²) < 4.78 is 0. The third-order valence-electron chi connectivity index (χ3n) is 3.65. The van der Waals surface area contributed by atoms with Gasteiger partial charge < -0.3 is 15.7 Å². The fourth-order valence-corrected chi connectivity index (χ4v) is 2.71. The fourth-order valence-electron chi connectivity index (χ4n) is 2.71. The van der Waals surface area contributed by atoms with E-state index in [0.717, 1.165) is 6.54 Å². The lowest BCUT2D eigenvalue weighted by molar-refractivity contribution is 0.172. The molecule has 2 atom stereocenters. The van der Waals surface area contributed by atoms with Gasteiger partial charge in [0.1, 0.15) is 0 Å². The molecule has 0 radical (unpaired) electrons. The smallest absolute Gasteiger partial charge is 0.315 e. The molecule has 1 heterocycles. The van der Waals surface area contributed by atoms with Crippen LogP contribution in [-0.4, -0.2) is 47.3 Å². The predicted molar refractivity (Wildman–Crippen MR) is 82.9 cm³/mol. The number of aliphatic hydroxyl groups is 1. The number of carbonyl (C=O) groups excluding carboxylic acids is 1. The summed E-state index contributed by atoms with van der Waals surface area (Å²) in [6, 6.07) is 10.4. The zero-order valence-electron chi connectivity index (χ0n) is 12.7. The number of likely N-dealkylation sites (tertiary alicyclic amines) is 1. The van der Waals surface area contributed by atoms with Crippen LogP contribution in [0.3, 0.4) is 0 Å². The summed E-state index contributed by atoms with van der Waals surface area (Å²) >= 11 is 0. The predicted octanol–water partition coefficient (Wildman–Crippen LogP) is 1.33. The molecule has 0 saturated carbocycles. The molecule has 1 fully saturated rings. The van der Waals surface area contributed by atoms with Crippen LogP contribution in [0.5, 0.6) is 0 Å². The van der Waals surface area contributed by atoms with E-state index >= 15 is 0 Å². The van der Waals surface area contributed by atoms with E-state index in [1.54, 1.807) is 0 Å². The Hall–Kier alpha value is -1.59. The first-order chi connectivity index (χ1) is 10.0. The molecule has 1 aliphatic heterocycles. The summed E-state index contributed by atoms with van der Waals surface area (Å²) in [6.07, 6.45) is 0.392. The van der Waals surface area contributed by atoms with E-state index in [-0.39, 0.29) is 24.2 Å². The first-order valence-corrected chi connectivity index (χ1v) is 7.55. The number of benzene rings is 1. The summed E-state index contributed by atoms with van der Waals surface area (Å²) in [5, 5.41) is 15.6. The summed E-state index contributed by atoms with van der Waals surface area (Å²) in [4.78, 5) is 13.9. The molecule has 2 rings (SSSR count). The number of rotatable bonds is 5. The number of β-amino-alcohol motifs (C(OH)–C–C–N with tert-alkyl or cyclic N) is 1. The molecule has 1 aromatic carbocycles. The van der Waals surface area contributed by atoms with Crippen LogP contribution in [0.2, 0.25) is 0 Å². The Bertz CT molecular complexity index is 450. The highest BCUT2D eigenvalue weighted by atomic mass is 16.3. The Morgan fingerprint density at radius 3 is 2.76 bits per heavy atom. The van der Waals surface area contributed by atoms with Gasteiger partial charge in [-0.3, -0.25) is 4.90 Å². The second kappa shape index (κ2) is 7.43. The summed E-state index contributed by atoms with van der Waals surface area (Å²) in [6.45, 7) is 5.88. The van der Waals surface area contributed by atoms with Gasteiger partial charge in [-0.15, -0.1) is 0 Å². The zero-order valence-corrected chi connectivity index (χ0v) is 12.7. The topological polar surface area (TPSA) is 64.6 Å². The second-order valence-corrected chi connectivity index (χ2v) is 5.97. The Balaban J connectivity index is 1.86. The van der Waals surface area contributed by atoms with Crippen molar-refractivity contribution in [3.63, 3.8) is 0 Å². The fraction of sp³-hybridized carbons (Fsp3) is 0.562. The average molecular weight is 291 g/mol. The van der Waals surface area contributed by atoms with Crippen LogP contribution in [-0.2, 0) is 6.54 Å². The van der Waals surface area contributed by atoms with E-state index in [1.807, 2.05) is 32.0 Å². The first kappa shape index (κ1) is 15.8. The maximum atomic E-state index is 11.7. The molecule has 2 amide bonds. The minimum atomic E-state index is -0.311. The van der Waals surface area contributed by atoms with Crippen molar-refractivity contribution in [3.05, 3.63) is 35.9 Å². The molecular weight excluding hydrogens is 266 g/mol. The molecule has 0 spiro atoms. The van der Waals surface area contributed by atoms with Crippen molar-refractivity contribution >= 4 is 6.03 Å². The molecule has 0 aromatic heterocycles. The molecule has 0 aliphatic carbocycles. The second-order valence-electron chi connectivity index (χ2n) is 5.97. The molecule has 116 valence electrons. The number of nitrogens with zero attached hydrogens (tertiary/aromatic N) is 1. The van der Waals surface area contributed by atoms with Crippen molar-refractivity contribution in [3.8, 4) is 0 Å². The van der Waals surface area contributed by atoms with Gasteiger partial charge in [0.25, 0.3) is 0 Å². The van der Waals surface area contributed by atoms with Gasteiger partial charge in [0.2, 0.25) is 0 Å². The standard InChI is InChI=1S/C16H25N3O2/c1-12(2)18-16(21)17-9-14-8-15(20)11-19(14)10-13-6-4-3-5-7-13/h3-7,12,14-15,20H,8-11H2,1-2H3,(H2,17,18,21). The van der Waals surface area contributed by atoms with Crippen LogP contribution < -0.4 is 10.6 Å². The molecule has 5 nitrogen and oxygen atoms in total. The van der Waals surface area contributed by atoms with Crippen molar-refractivity contribution in [1.29, 1.82) is 0 Å². The largest absolute Gasteiger partial charge is 0.392 e. The molecule has 21 heavy (non-hydrogen) atoms. The van der Waals surface area contributed by atoms with E-state index in [9.17, 15) is 9.90 Å². The van der Waals surface area contributed by atoms with E-state index in [4.69, 9.17) is 0 Å². The molecule has 5 heteroatoms. The first-order valence-electron chi connectivity index (χ1n) is 7.55. The Labute approximate surface area is 126 Å². The highest BCUT2D eigenvalue weighted by Crippen LogP contribution is 2.20. The lowest BCUT2D eigenvalue weighted by Crippen LogP contribution is -2.45. The third kappa shape index (κ3) is 5.02. The van der Waals surface area contributed by atoms with Gasteiger partial charge in [0.15, 0.2) is 0 Å². The van der Waals surface area contributed by atoms with Crippen LogP contribution in [0.25, 0.3) is 0 Å². The number of aliphatic hydroxyl groups excluding tert-OH is 1. The molecule has 0 bridgehead atoms. The number of nitrogens with one attached hydrogen (secondary N) is 2. The molecule has 1 aromatic rings. The van der Waals surface area contributed by atoms with Crippen LogP contribution in [0.1, 0.15) is 25.8 Å². The van der Waals surface area contributed by atoms with Gasteiger partial charge in [-0.1, -0.05) is 30.3 Å². The number of hydrogen-bond acceptors (Lipinski definition) is 3. The maximum absolute atomic E-state index is 11.7. The van der Waals surface area contributed by atoms with Crippen LogP contribution in [0, 0.1) is 0 Å². The van der Waals surface area contributed by atoms with Crippen LogP contribution in [0.15, 0.2) is 30.3 Å². The Morgan fingerprint density at radius 1 is 1.38 bits per heavy atom. The Morgan fingerprint density at radius 2 is 2.10 bits per heavy atom. The average Bonchev–Trinajstić information content (AvgIpc) is 2.77. The van der Waals surface area contributed by atoms with Gasteiger partial charge in [-0.2, -0.15) is 0 Å². The van der Waals surface area contributed by atoms with E-state index in [1.165, 1.54) is 5.56 Å². The molecular formula is C16H25N3O2. The number of hydrogen-bond donors (Lipinski definition) is 3. The van der Waals surface area contributed by atoms with E-state index in [2.05, 4.69) is 27.7 Å². The van der Waals surface area contributed by atoms with Gasteiger partial charge in [-0.05, 0) is 25.8 Å². The number of carbonyl (C=O) groups is 1. The molecule has 3 N–H and O–H groups in total. The molecule has 1 saturated heterocycles. The van der Waals surface area contributed by atoms with Crippen molar-refractivity contribution in [2.24, 2.45) is 0 Å². The van der Waals surface area contributed by atoms with Crippen LogP contribution in [0.4, 0.5) is 4.79 Å². The zero-order chi connectivity index (χ0) is 15.2. The quantitative estimate of drug-likeness (QED) is 0.767. The van der Waals surface area contributed by atoms with E-state index < -0.39 is 0 Å². The third-order valence-corrected chi connectivity index (χ3v) is 3.65. The van der Waals surface area contributed by atoms with Gasteiger partial charge in [0, 0.05) is 31.7 Å². The summed E-state index contributed by atoms with van der Waals surface area (Å²) in [7, 11) is 0. The SMILES string of the molecule is CC(C)NC(=O)NCC1CC(O)CN1Cc1ccccc1. The maximum Gasteiger partial charge on any atom is 0.315 e. The lowest BCUT2D eigenvalue weighted by Gasteiger charge is -2.24. The minimum absolute atomic E-state index is 0.125. The van der Waals surface area contributed by atoms with Gasteiger partial charge >= 0.3 is 6.03 Å². The van der Waals surface area contributed by atoms with Crippen molar-refractivity contribution in [1.82, 2.24) is 15.5 Å². The molecule has 1 aliphatic rings. The lowest BCUT2D eigenvalue weighted by atomic mass is 10.1. The van der Waals surface area contributed by atoms with Gasteiger partial charge in [-0.25, -0.2) is 4.79 Å².